The van der Waals surface area contributed by atoms with Gasteiger partial charge in [-0.25, -0.2) is 17.8 Å². The number of sulfonamides is 1. The van der Waals surface area contributed by atoms with Gasteiger partial charge in [0.05, 0.1) is 30.1 Å². The molecule has 10 heteroatoms. The summed E-state index contributed by atoms with van der Waals surface area (Å²) in [6.45, 7) is 0.685. The van der Waals surface area contributed by atoms with E-state index in [1.807, 2.05) is 0 Å². The molecular formula is C20H23FN4O4S. The summed E-state index contributed by atoms with van der Waals surface area (Å²) >= 11 is 0. The third-order valence-corrected chi connectivity index (χ3v) is 6.96. The van der Waals surface area contributed by atoms with Crippen molar-refractivity contribution in [1.29, 1.82) is 0 Å². The Labute approximate surface area is 173 Å². The zero-order chi connectivity index (χ0) is 21.5. The van der Waals surface area contributed by atoms with E-state index < -0.39 is 27.8 Å². The molecule has 1 fully saturated rings. The number of nitrogens with zero attached hydrogens (tertiary/aromatic N) is 3. The Hall–Kier alpha value is -2.59. The van der Waals surface area contributed by atoms with Crippen LogP contribution in [0.4, 0.5) is 4.39 Å². The molecule has 2 aliphatic heterocycles. The summed E-state index contributed by atoms with van der Waals surface area (Å²) in [5.41, 5.74) is 0.552. The number of benzene rings is 1. The van der Waals surface area contributed by atoms with Crippen molar-refractivity contribution in [1.82, 2.24) is 19.2 Å². The number of piperidine rings is 1. The van der Waals surface area contributed by atoms with Gasteiger partial charge in [0.1, 0.15) is 11.6 Å². The largest absolute Gasteiger partial charge is 0.328 e. The van der Waals surface area contributed by atoms with Gasteiger partial charge in [-0.1, -0.05) is 12.1 Å². The molecule has 1 atom stereocenters. The van der Waals surface area contributed by atoms with Crippen molar-refractivity contribution in [2.75, 3.05) is 19.3 Å². The van der Waals surface area contributed by atoms with Crippen molar-refractivity contribution < 1.29 is 17.6 Å². The molecule has 0 unspecified atom stereocenters. The SMILES string of the molecule is CS(=O)(=O)N1CCc2c(nc([C@H]3CCCCN3C(=O)c3ccccc3F)[nH]c2=O)C1. The molecule has 1 aromatic heterocycles. The smallest absolute Gasteiger partial charge is 0.257 e. The monoisotopic (exact) mass is 434 g/mol. The zero-order valence-corrected chi connectivity index (χ0v) is 17.4. The lowest BCUT2D eigenvalue weighted by Crippen LogP contribution is -2.42. The van der Waals surface area contributed by atoms with Gasteiger partial charge in [0.25, 0.3) is 11.5 Å². The summed E-state index contributed by atoms with van der Waals surface area (Å²) in [6.07, 6.45) is 3.60. The number of carbonyl (C=O) groups is 1. The molecule has 30 heavy (non-hydrogen) atoms. The van der Waals surface area contributed by atoms with Crippen LogP contribution in [0.25, 0.3) is 0 Å². The number of amides is 1. The van der Waals surface area contributed by atoms with E-state index in [-0.39, 0.29) is 30.6 Å². The summed E-state index contributed by atoms with van der Waals surface area (Å²) < 4.78 is 39.3. The number of rotatable bonds is 3. The van der Waals surface area contributed by atoms with E-state index in [2.05, 4.69) is 9.97 Å². The van der Waals surface area contributed by atoms with Gasteiger partial charge in [-0.3, -0.25) is 9.59 Å². The number of nitrogens with one attached hydrogen (secondary N) is 1. The first kappa shape index (κ1) is 20.7. The third-order valence-electron chi connectivity index (χ3n) is 5.71. The van der Waals surface area contributed by atoms with Gasteiger partial charge in [-0.05, 0) is 37.8 Å². The lowest BCUT2D eigenvalue weighted by Gasteiger charge is -2.35. The number of hydrogen-bond acceptors (Lipinski definition) is 5. The topological polar surface area (TPSA) is 103 Å². The van der Waals surface area contributed by atoms with Gasteiger partial charge in [-0.15, -0.1) is 0 Å². The lowest BCUT2D eigenvalue weighted by molar-refractivity contribution is 0.0594. The minimum Gasteiger partial charge on any atom is -0.328 e. The molecule has 0 bridgehead atoms. The fourth-order valence-electron chi connectivity index (χ4n) is 4.12. The average Bonchev–Trinajstić information content (AvgIpc) is 2.72. The van der Waals surface area contributed by atoms with E-state index in [9.17, 15) is 22.4 Å². The van der Waals surface area contributed by atoms with Crippen molar-refractivity contribution in [2.24, 2.45) is 0 Å². The minimum atomic E-state index is -3.41. The van der Waals surface area contributed by atoms with E-state index in [4.69, 9.17) is 0 Å². The molecule has 0 saturated carbocycles. The van der Waals surface area contributed by atoms with E-state index in [1.165, 1.54) is 22.5 Å². The van der Waals surface area contributed by atoms with Crippen LogP contribution in [0.3, 0.4) is 0 Å². The number of aromatic nitrogens is 2. The molecule has 0 aliphatic carbocycles. The highest BCUT2D eigenvalue weighted by atomic mass is 32.2. The Morgan fingerprint density at radius 3 is 2.73 bits per heavy atom. The second kappa shape index (κ2) is 7.92. The minimum absolute atomic E-state index is 0.0204. The second-order valence-corrected chi connectivity index (χ2v) is 9.70. The molecule has 0 radical (unpaired) electrons. The molecule has 160 valence electrons. The molecule has 2 aliphatic rings. The zero-order valence-electron chi connectivity index (χ0n) is 16.6. The fourth-order valence-corrected chi connectivity index (χ4v) is 4.90. The van der Waals surface area contributed by atoms with Gasteiger partial charge in [-0.2, -0.15) is 4.31 Å². The van der Waals surface area contributed by atoms with Crippen molar-refractivity contribution in [3.05, 3.63) is 63.1 Å². The van der Waals surface area contributed by atoms with Crippen molar-refractivity contribution >= 4 is 15.9 Å². The predicted molar refractivity (Wildman–Crippen MR) is 108 cm³/mol. The lowest BCUT2D eigenvalue weighted by atomic mass is 9.99. The van der Waals surface area contributed by atoms with Crippen LogP contribution >= 0.6 is 0 Å². The summed E-state index contributed by atoms with van der Waals surface area (Å²) in [7, 11) is -3.41. The molecule has 1 saturated heterocycles. The van der Waals surface area contributed by atoms with Crippen LogP contribution in [0.2, 0.25) is 0 Å². The number of halogens is 1. The fraction of sp³-hybridized carbons (Fsp3) is 0.450. The van der Waals surface area contributed by atoms with E-state index >= 15 is 0 Å². The Balaban J connectivity index is 1.70. The number of fused-ring (bicyclic) bond motifs is 1. The first-order valence-corrected chi connectivity index (χ1v) is 11.7. The summed E-state index contributed by atoms with van der Waals surface area (Å²) in [4.78, 5) is 34.6. The number of hydrogen-bond donors (Lipinski definition) is 1. The molecule has 4 rings (SSSR count). The Kier molecular flexibility index (Phi) is 5.46. The molecule has 0 spiro atoms. The van der Waals surface area contributed by atoms with Crippen LogP contribution in [0, 0.1) is 5.82 Å². The van der Waals surface area contributed by atoms with Crippen molar-refractivity contribution in [3.63, 3.8) is 0 Å². The standard InChI is InChI=1S/C20H23FN4O4S/c1-30(28,29)24-11-9-14-16(12-24)22-18(23-19(14)26)17-8-4-5-10-25(17)20(27)13-6-2-3-7-15(13)21/h2-3,6-7,17H,4-5,8-12H2,1H3,(H,22,23,26)/t17-/m1/s1. The summed E-state index contributed by atoms with van der Waals surface area (Å²) in [6, 6.07) is 5.31. The van der Waals surface area contributed by atoms with Gasteiger partial charge in [0.2, 0.25) is 10.0 Å². The molecular weight excluding hydrogens is 411 g/mol. The van der Waals surface area contributed by atoms with E-state index in [1.54, 1.807) is 11.0 Å². The average molecular weight is 434 g/mol. The number of carbonyl (C=O) groups excluding carboxylic acids is 1. The number of H-pyrrole nitrogens is 1. The van der Waals surface area contributed by atoms with Crippen molar-refractivity contribution in [3.8, 4) is 0 Å². The molecule has 1 aromatic carbocycles. The Morgan fingerprint density at radius 1 is 1.23 bits per heavy atom. The molecule has 1 amide bonds. The van der Waals surface area contributed by atoms with Gasteiger partial charge in [0, 0.05) is 18.7 Å². The van der Waals surface area contributed by atoms with Crippen molar-refractivity contribution in [2.45, 2.75) is 38.3 Å². The van der Waals surface area contributed by atoms with Crippen LogP contribution in [-0.2, 0) is 23.0 Å². The van der Waals surface area contributed by atoms with Crippen LogP contribution < -0.4 is 5.56 Å². The quantitative estimate of drug-likeness (QED) is 0.790. The Morgan fingerprint density at radius 2 is 2.00 bits per heavy atom. The number of likely N-dealkylation sites (tertiary alicyclic amines) is 1. The summed E-state index contributed by atoms with van der Waals surface area (Å²) in [5, 5.41) is 0. The van der Waals surface area contributed by atoms with Gasteiger partial charge in [0.15, 0.2) is 0 Å². The van der Waals surface area contributed by atoms with Gasteiger partial charge < -0.3 is 9.88 Å². The predicted octanol–water partition coefficient (Wildman–Crippen LogP) is 1.59. The highest BCUT2D eigenvalue weighted by Gasteiger charge is 2.33. The highest BCUT2D eigenvalue weighted by molar-refractivity contribution is 7.88. The third kappa shape index (κ3) is 3.89. The maximum atomic E-state index is 14.2. The summed E-state index contributed by atoms with van der Waals surface area (Å²) in [5.74, 6) is -0.725. The van der Waals surface area contributed by atoms with Crippen LogP contribution in [0.15, 0.2) is 29.1 Å². The molecule has 2 aromatic rings. The van der Waals surface area contributed by atoms with Crippen LogP contribution in [0.1, 0.15) is 52.7 Å². The molecule has 8 nitrogen and oxygen atoms in total. The maximum Gasteiger partial charge on any atom is 0.257 e. The first-order chi connectivity index (χ1) is 14.3. The first-order valence-electron chi connectivity index (χ1n) is 9.88. The highest BCUT2D eigenvalue weighted by Crippen LogP contribution is 2.31. The van der Waals surface area contributed by atoms with E-state index in [0.717, 1.165) is 19.1 Å². The number of aromatic amines is 1. The normalized spacial score (nSPS) is 20.1. The molecule has 1 N–H and O–H groups in total. The maximum absolute atomic E-state index is 14.2. The van der Waals surface area contributed by atoms with E-state index in [0.29, 0.717) is 30.0 Å². The van der Waals surface area contributed by atoms with Crippen LogP contribution in [0.5, 0.6) is 0 Å². The van der Waals surface area contributed by atoms with Crippen LogP contribution in [-0.4, -0.2) is 52.8 Å². The van der Waals surface area contributed by atoms with Gasteiger partial charge >= 0.3 is 0 Å². The second-order valence-electron chi connectivity index (χ2n) is 7.71. The Bertz CT molecular complexity index is 1150. The molecule has 3 heterocycles.